The maximum absolute atomic E-state index is 13.3. The molecule has 1 saturated heterocycles. The highest BCUT2D eigenvalue weighted by molar-refractivity contribution is 6.18. The van der Waals surface area contributed by atoms with Gasteiger partial charge >= 0.3 is 6.03 Å². The molecule has 1 aromatic carbocycles. The Morgan fingerprint density at radius 3 is 2.78 bits per heavy atom. The van der Waals surface area contributed by atoms with Crippen molar-refractivity contribution in [3.8, 4) is 0 Å². The van der Waals surface area contributed by atoms with Crippen LogP contribution in [0.25, 0.3) is 0 Å². The van der Waals surface area contributed by atoms with Crippen molar-refractivity contribution in [2.45, 2.75) is 6.92 Å². The molecule has 6 nitrogen and oxygen atoms in total. The molecule has 120 valence electrons. The predicted octanol–water partition coefficient (Wildman–Crippen LogP) is 2.02. The highest BCUT2D eigenvalue weighted by Crippen LogP contribution is 2.22. The van der Waals surface area contributed by atoms with Crippen molar-refractivity contribution in [2.24, 2.45) is 5.92 Å². The van der Waals surface area contributed by atoms with Gasteiger partial charge in [0.2, 0.25) is 11.8 Å². The van der Waals surface area contributed by atoms with E-state index in [1.165, 1.54) is 30.4 Å². The van der Waals surface area contributed by atoms with Crippen molar-refractivity contribution >= 4 is 23.5 Å². The van der Waals surface area contributed by atoms with Crippen molar-refractivity contribution in [3.63, 3.8) is 0 Å². The monoisotopic (exact) mass is 317 g/mol. The zero-order valence-electron chi connectivity index (χ0n) is 12.5. The second kappa shape index (κ2) is 6.87. The molecule has 2 N–H and O–H groups in total. The van der Waals surface area contributed by atoms with Gasteiger partial charge in [-0.3, -0.25) is 19.8 Å². The number of hydrogen-bond acceptors (Lipinski definition) is 4. The second-order valence-electron chi connectivity index (χ2n) is 4.84. The second-order valence-corrected chi connectivity index (χ2v) is 4.84. The number of allylic oxidation sites excluding steroid dienone is 1. The van der Waals surface area contributed by atoms with Gasteiger partial charge in [-0.15, -0.1) is 6.58 Å². The molecule has 1 aliphatic heterocycles. The minimum Gasteiger partial charge on any atom is -0.358 e. The van der Waals surface area contributed by atoms with Crippen LogP contribution >= 0.6 is 0 Å². The van der Waals surface area contributed by atoms with Crippen molar-refractivity contribution in [1.82, 2.24) is 10.2 Å². The van der Waals surface area contributed by atoms with Crippen LogP contribution in [0.3, 0.4) is 0 Å². The number of imide groups is 2. The Kier molecular flexibility index (Phi) is 4.90. The van der Waals surface area contributed by atoms with E-state index in [9.17, 15) is 18.8 Å². The molecule has 0 aromatic heterocycles. The number of benzene rings is 1. The van der Waals surface area contributed by atoms with Crippen LogP contribution in [0.15, 0.2) is 48.7 Å². The first kappa shape index (κ1) is 16.4. The molecule has 0 spiro atoms. The maximum Gasteiger partial charge on any atom is 0.331 e. The average Bonchev–Trinajstić information content (AvgIpc) is 2.50. The minimum absolute atomic E-state index is 0.00853. The van der Waals surface area contributed by atoms with Crippen LogP contribution in [0.5, 0.6) is 0 Å². The molecule has 1 atom stereocenters. The highest BCUT2D eigenvalue weighted by Gasteiger charge is 2.42. The first-order valence-electron chi connectivity index (χ1n) is 6.93. The van der Waals surface area contributed by atoms with Gasteiger partial charge in [-0.25, -0.2) is 9.18 Å². The first-order chi connectivity index (χ1) is 11.0. The van der Waals surface area contributed by atoms with Crippen LogP contribution in [-0.4, -0.2) is 29.3 Å². The van der Waals surface area contributed by atoms with Crippen LogP contribution in [0.4, 0.5) is 14.9 Å². The molecule has 0 bridgehead atoms. The Morgan fingerprint density at radius 1 is 1.43 bits per heavy atom. The summed E-state index contributed by atoms with van der Waals surface area (Å²) in [4.78, 5) is 37.1. The van der Waals surface area contributed by atoms with E-state index in [4.69, 9.17) is 0 Å². The van der Waals surface area contributed by atoms with E-state index >= 15 is 0 Å². The lowest BCUT2D eigenvalue weighted by atomic mass is 9.99. The summed E-state index contributed by atoms with van der Waals surface area (Å²) < 4.78 is 13.3. The molecular formula is C16H16FN3O3. The average molecular weight is 317 g/mol. The molecule has 23 heavy (non-hydrogen) atoms. The summed E-state index contributed by atoms with van der Waals surface area (Å²) in [6.07, 6.45) is 2.93. The van der Waals surface area contributed by atoms with E-state index in [1.54, 1.807) is 13.0 Å². The summed E-state index contributed by atoms with van der Waals surface area (Å²) >= 11 is 0. The molecule has 0 aliphatic carbocycles. The van der Waals surface area contributed by atoms with Crippen molar-refractivity contribution < 1.29 is 18.8 Å². The molecule has 0 radical (unpaired) electrons. The van der Waals surface area contributed by atoms with Crippen LogP contribution < -0.4 is 10.6 Å². The van der Waals surface area contributed by atoms with Gasteiger partial charge in [0.05, 0.1) is 0 Å². The number of anilines is 1. The number of halogens is 1. The molecule has 1 fully saturated rings. The summed E-state index contributed by atoms with van der Waals surface area (Å²) in [6, 6.07) is 4.84. The number of carbonyl (C=O) groups is 3. The summed E-state index contributed by atoms with van der Waals surface area (Å²) in [5.41, 5.74) is 0.658. The van der Waals surface area contributed by atoms with E-state index < -0.39 is 29.6 Å². The third-order valence-electron chi connectivity index (χ3n) is 3.30. The molecular weight excluding hydrogens is 301 g/mol. The number of rotatable bonds is 5. The number of barbiturate groups is 1. The van der Waals surface area contributed by atoms with Crippen LogP contribution in [0, 0.1) is 11.7 Å². The number of urea groups is 1. The van der Waals surface area contributed by atoms with Gasteiger partial charge in [0.25, 0.3) is 0 Å². The summed E-state index contributed by atoms with van der Waals surface area (Å²) in [5.74, 6) is -3.04. The third-order valence-corrected chi connectivity index (χ3v) is 3.30. The number of amides is 4. The molecule has 4 amide bonds. The summed E-state index contributed by atoms with van der Waals surface area (Å²) in [7, 11) is 0. The molecule has 0 saturated carbocycles. The molecule has 1 aliphatic rings. The van der Waals surface area contributed by atoms with E-state index in [1.807, 2.05) is 0 Å². The maximum atomic E-state index is 13.3. The smallest absolute Gasteiger partial charge is 0.331 e. The van der Waals surface area contributed by atoms with Gasteiger partial charge in [-0.05, 0) is 25.1 Å². The Bertz CT molecular complexity index is 700. The van der Waals surface area contributed by atoms with Crippen molar-refractivity contribution in [3.05, 3.63) is 54.5 Å². The number of hydrogen-bond donors (Lipinski definition) is 2. The van der Waals surface area contributed by atoms with Gasteiger partial charge in [0, 0.05) is 17.9 Å². The van der Waals surface area contributed by atoms with E-state index in [-0.39, 0.29) is 12.2 Å². The lowest BCUT2D eigenvalue weighted by Gasteiger charge is -2.30. The Balaban J connectivity index is 2.28. The van der Waals surface area contributed by atoms with Crippen LogP contribution in [0.2, 0.25) is 0 Å². The Morgan fingerprint density at radius 2 is 2.17 bits per heavy atom. The lowest BCUT2D eigenvalue weighted by Crippen LogP contribution is -2.58. The quantitative estimate of drug-likeness (QED) is 0.643. The standard InChI is InChI=1S/C16H16FN3O3/c1-3-8-20-15(22)13(14(21)19-16(20)23)12(4-2)18-11-7-5-6-10(17)9-11/h3-7,9,13,18H,1,8H2,2H3,(H,19,21,23)/b12-4+/t13-/m1/s1. The topological polar surface area (TPSA) is 78.5 Å². The van der Waals surface area contributed by atoms with Gasteiger partial charge in [-0.1, -0.05) is 18.2 Å². The molecule has 2 rings (SSSR count). The van der Waals surface area contributed by atoms with Crippen molar-refractivity contribution in [1.29, 1.82) is 0 Å². The number of carbonyl (C=O) groups excluding carboxylic acids is 3. The van der Waals surface area contributed by atoms with E-state index in [0.717, 1.165) is 4.90 Å². The molecule has 7 heteroatoms. The fraction of sp³-hybridized carbons (Fsp3) is 0.188. The zero-order chi connectivity index (χ0) is 17.0. The lowest BCUT2D eigenvalue weighted by molar-refractivity contribution is -0.140. The SMILES string of the molecule is C=CCN1C(=O)NC(=O)[C@@H](/C(=C\C)Nc2cccc(F)c2)C1=O. The van der Waals surface area contributed by atoms with Gasteiger partial charge < -0.3 is 5.32 Å². The largest absolute Gasteiger partial charge is 0.358 e. The van der Waals surface area contributed by atoms with Gasteiger partial charge in [-0.2, -0.15) is 0 Å². The summed E-state index contributed by atoms with van der Waals surface area (Å²) in [5, 5.41) is 4.98. The Hall–Kier alpha value is -2.96. The van der Waals surface area contributed by atoms with E-state index in [0.29, 0.717) is 5.69 Å². The predicted molar refractivity (Wildman–Crippen MR) is 82.7 cm³/mol. The van der Waals surface area contributed by atoms with E-state index in [2.05, 4.69) is 17.2 Å². The fourth-order valence-corrected chi connectivity index (χ4v) is 2.23. The molecule has 1 aromatic rings. The third kappa shape index (κ3) is 3.45. The summed E-state index contributed by atoms with van der Waals surface area (Å²) in [6.45, 7) is 5.11. The number of nitrogens with zero attached hydrogens (tertiary/aromatic N) is 1. The number of nitrogens with one attached hydrogen (secondary N) is 2. The highest BCUT2D eigenvalue weighted by atomic mass is 19.1. The minimum atomic E-state index is -1.21. The van der Waals surface area contributed by atoms with Crippen LogP contribution in [0.1, 0.15) is 6.92 Å². The van der Waals surface area contributed by atoms with Crippen LogP contribution in [-0.2, 0) is 9.59 Å². The normalized spacial score (nSPS) is 18.7. The van der Waals surface area contributed by atoms with Gasteiger partial charge in [0.1, 0.15) is 5.82 Å². The van der Waals surface area contributed by atoms with Crippen molar-refractivity contribution in [2.75, 3.05) is 11.9 Å². The first-order valence-corrected chi connectivity index (χ1v) is 6.93. The zero-order valence-corrected chi connectivity index (χ0v) is 12.5. The Labute approximate surface area is 132 Å². The van der Waals surface area contributed by atoms with Gasteiger partial charge in [0.15, 0.2) is 5.92 Å². The molecule has 0 unspecified atom stereocenters. The fourth-order valence-electron chi connectivity index (χ4n) is 2.23. The molecule has 1 heterocycles.